The maximum atomic E-state index is 12.3. The summed E-state index contributed by atoms with van der Waals surface area (Å²) < 4.78 is 0. The van der Waals surface area contributed by atoms with Crippen LogP contribution in [0, 0.1) is 6.92 Å². The molecule has 4 heteroatoms. The average molecular weight is 323 g/mol. The zero-order chi connectivity index (χ0) is 16.2. The van der Waals surface area contributed by atoms with Crippen molar-refractivity contribution >= 4 is 23.2 Å². The van der Waals surface area contributed by atoms with E-state index in [-0.39, 0.29) is 5.91 Å². The van der Waals surface area contributed by atoms with Gasteiger partial charge < -0.3 is 5.32 Å². The van der Waals surface area contributed by atoms with Crippen LogP contribution in [-0.2, 0) is 0 Å². The van der Waals surface area contributed by atoms with Gasteiger partial charge in [-0.3, -0.25) is 9.78 Å². The molecule has 0 spiro atoms. The first-order chi connectivity index (χ1) is 11.1. The molecule has 2 aromatic carbocycles. The van der Waals surface area contributed by atoms with Crippen LogP contribution in [-0.4, -0.2) is 10.9 Å². The number of aryl methyl sites for hydroxylation is 1. The van der Waals surface area contributed by atoms with Crippen molar-refractivity contribution in [3.63, 3.8) is 0 Å². The normalized spacial score (nSPS) is 10.3. The van der Waals surface area contributed by atoms with E-state index in [1.165, 1.54) is 0 Å². The van der Waals surface area contributed by atoms with Gasteiger partial charge in [0.05, 0.1) is 0 Å². The number of carbonyl (C=O) groups is 1. The molecule has 0 saturated heterocycles. The van der Waals surface area contributed by atoms with Gasteiger partial charge in [0.1, 0.15) is 5.69 Å². The lowest BCUT2D eigenvalue weighted by molar-refractivity contribution is 0.102. The van der Waals surface area contributed by atoms with Gasteiger partial charge in [-0.2, -0.15) is 0 Å². The Bertz CT molecular complexity index is 830. The number of anilines is 1. The summed E-state index contributed by atoms with van der Waals surface area (Å²) in [4.78, 5) is 16.4. The van der Waals surface area contributed by atoms with Crippen LogP contribution in [0.3, 0.4) is 0 Å². The molecule has 23 heavy (non-hydrogen) atoms. The minimum Gasteiger partial charge on any atom is -0.320 e. The number of rotatable bonds is 3. The maximum absolute atomic E-state index is 12.3. The molecule has 0 aliphatic heterocycles. The number of halogens is 1. The maximum Gasteiger partial charge on any atom is 0.274 e. The molecule has 114 valence electrons. The smallest absolute Gasteiger partial charge is 0.274 e. The van der Waals surface area contributed by atoms with E-state index in [1.807, 2.05) is 49.4 Å². The van der Waals surface area contributed by atoms with Crippen molar-refractivity contribution in [1.82, 2.24) is 4.98 Å². The van der Waals surface area contributed by atoms with E-state index in [4.69, 9.17) is 11.6 Å². The third-order valence-corrected chi connectivity index (χ3v) is 3.73. The summed E-state index contributed by atoms with van der Waals surface area (Å²) in [6, 6.07) is 18.7. The molecule has 3 aromatic rings. The minimum absolute atomic E-state index is 0.232. The number of aromatic nitrogens is 1. The Kier molecular flexibility index (Phi) is 4.40. The Balaban J connectivity index is 1.96. The Hall–Kier alpha value is -2.65. The van der Waals surface area contributed by atoms with E-state index in [0.717, 1.165) is 22.4 Å². The Morgan fingerprint density at radius 1 is 1.04 bits per heavy atom. The number of nitrogens with zero attached hydrogens (tertiary/aromatic N) is 1. The van der Waals surface area contributed by atoms with Gasteiger partial charge in [-0.15, -0.1) is 0 Å². The largest absolute Gasteiger partial charge is 0.320 e. The molecule has 0 aliphatic carbocycles. The third kappa shape index (κ3) is 3.58. The fraction of sp³-hybridized carbons (Fsp3) is 0.0526. The van der Waals surface area contributed by atoms with Gasteiger partial charge in [0, 0.05) is 22.5 Å². The highest BCUT2D eigenvalue weighted by molar-refractivity contribution is 6.30. The Labute approximate surface area is 140 Å². The topological polar surface area (TPSA) is 42.0 Å². The summed E-state index contributed by atoms with van der Waals surface area (Å²) in [7, 11) is 0. The first kappa shape index (κ1) is 15.3. The molecule has 0 atom stereocenters. The van der Waals surface area contributed by atoms with Crippen molar-refractivity contribution in [2.24, 2.45) is 0 Å². The highest BCUT2D eigenvalue weighted by Gasteiger charge is 2.11. The quantitative estimate of drug-likeness (QED) is 0.740. The fourth-order valence-electron chi connectivity index (χ4n) is 2.32. The summed E-state index contributed by atoms with van der Waals surface area (Å²) in [6.07, 6.45) is 1.60. The number of amides is 1. The Morgan fingerprint density at radius 3 is 2.52 bits per heavy atom. The van der Waals surface area contributed by atoms with Crippen LogP contribution in [0.25, 0.3) is 11.1 Å². The molecule has 1 N–H and O–H groups in total. The van der Waals surface area contributed by atoms with Crippen LogP contribution in [0.2, 0.25) is 5.02 Å². The van der Waals surface area contributed by atoms with Crippen molar-refractivity contribution in [3.05, 3.63) is 83.1 Å². The van der Waals surface area contributed by atoms with Crippen molar-refractivity contribution in [2.45, 2.75) is 6.92 Å². The molecule has 0 aliphatic rings. The number of pyridine rings is 1. The van der Waals surface area contributed by atoms with E-state index in [9.17, 15) is 4.79 Å². The van der Waals surface area contributed by atoms with Gasteiger partial charge >= 0.3 is 0 Å². The molecule has 3 nitrogen and oxygen atoms in total. The molecular weight excluding hydrogens is 308 g/mol. The van der Waals surface area contributed by atoms with Crippen LogP contribution < -0.4 is 5.32 Å². The van der Waals surface area contributed by atoms with Crippen LogP contribution in [0.1, 0.15) is 16.1 Å². The summed E-state index contributed by atoms with van der Waals surface area (Å²) in [5.41, 5.74) is 4.19. The zero-order valence-corrected chi connectivity index (χ0v) is 13.3. The minimum atomic E-state index is -0.232. The summed E-state index contributed by atoms with van der Waals surface area (Å²) in [5, 5.41) is 3.61. The lowest BCUT2D eigenvalue weighted by Gasteiger charge is -2.12. The fourth-order valence-corrected chi connectivity index (χ4v) is 2.44. The van der Waals surface area contributed by atoms with Gasteiger partial charge in [0.2, 0.25) is 0 Å². The second-order valence-corrected chi connectivity index (χ2v) is 5.66. The van der Waals surface area contributed by atoms with Gasteiger partial charge in [0.15, 0.2) is 0 Å². The van der Waals surface area contributed by atoms with Crippen molar-refractivity contribution in [3.8, 4) is 11.1 Å². The number of hydrogen-bond acceptors (Lipinski definition) is 2. The lowest BCUT2D eigenvalue weighted by Crippen LogP contribution is -2.14. The second-order valence-electron chi connectivity index (χ2n) is 5.23. The molecule has 0 bridgehead atoms. The molecule has 3 rings (SSSR count). The molecular formula is C19H15ClN2O. The molecule has 0 saturated carbocycles. The van der Waals surface area contributed by atoms with E-state index in [0.29, 0.717) is 10.7 Å². The number of carbonyl (C=O) groups excluding carboxylic acids is 1. The first-order valence-corrected chi connectivity index (χ1v) is 7.60. The first-order valence-electron chi connectivity index (χ1n) is 7.22. The summed E-state index contributed by atoms with van der Waals surface area (Å²) in [6.45, 7) is 2.02. The molecule has 1 aromatic heterocycles. The summed E-state index contributed by atoms with van der Waals surface area (Å²) in [5.74, 6) is -0.232. The number of benzene rings is 2. The predicted octanol–water partition coefficient (Wildman–Crippen LogP) is 4.96. The van der Waals surface area contributed by atoms with Gasteiger partial charge in [-0.05, 0) is 48.9 Å². The molecule has 0 radical (unpaired) electrons. The molecule has 0 unspecified atom stereocenters. The standard InChI is InChI=1S/C19H15ClN2O/c1-13-5-10-17(22-19(23)18-4-2-3-11-21-18)16(12-13)14-6-8-15(20)9-7-14/h2-12H,1H3,(H,22,23). The zero-order valence-electron chi connectivity index (χ0n) is 12.6. The SMILES string of the molecule is Cc1ccc(NC(=O)c2ccccn2)c(-c2ccc(Cl)cc2)c1. The van der Waals surface area contributed by atoms with Crippen LogP contribution in [0.15, 0.2) is 66.9 Å². The van der Waals surface area contributed by atoms with Crippen LogP contribution >= 0.6 is 11.6 Å². The highest BCUT2D eigenvalue weighted by Crippen LogP contribution is 2.30. The van der Waals surface area contributed by atoms with Crippen LogP contribution in [0.4, 0.5) is 5.69 Å². The third-order valence-electron chi connectivity index (χ3n) is 3.48. The second kappa shape index (κ2) is 6.63. The van der Waals surface area contributed by atoms with Crippen molar-refractivity contribution in [2.75, 3.05) is 5.32 Å². The van der Waals surface area contributed by atoms with E-state index in [1.54, 1.807) is 24.4 Å². The highest BCUT2D eigenvalue weighted by atomic mass is 35.5. The van der Waals surface area contributed by atoms with Crippen LogP contribution in [0.5, 0.6) is 0 Å². The Morgan fingerprint density at radius 2 is 1.83 bits per heavy atom. The number of nitrogens with one attached hydrogen (secondary N) is 1. The molecule has 1 amide bonds. The lowest BCUT2D eigenvalue weighted by atomic mass is 10.0. The molecule has 1 heterocycles. The van der Waals surface area contributed by atoms with E-state index in [2.05, 4.69) is 10.3 Å². The van der Waals surface area contributed by atoms with Gasteiger partial charge in [-0.25, -0.2) is 0 Å². The van der Waals surface area contributed by atoms with Gasteiger partial charge in [0.25, 0.3) is 5.91 Å². The van der Waals surface area contributed by atoms with E-state index < -0.39 is 0 Å². The predicted molar refractivity (Wildman–Crippen MR) is 93.8 cm³/mol. The molecule has 0 fully saturated rings. The average Bonchev–Trinajstić information content (AvgIpc) is 2.58. The van der Waals surface area contributed by atoms with Crippen molar-refractivity contribution < 1.29 is 4.79 Å². The van der Waals surface area contributed by atoms with Gasteiger partial charge in [-0.1, -0.05) is 41.4 Å². The van der Waals surface area contributed by atoms with Crippen molar-refractivity contribution in [1.29, 1.82) is 0 Å². The monoisotopic (exact) mass is 322 g/mol. The number of hydrogen-bond donors (Lipinski definition) is 1. The van der Waals surface area contributed by atoms with E-state index >= 15 is 0 Å². The summed E-state index contributed by atoms with van der Waals surface area (Å²) >= 11 is 5.96.